The Balaban J connectivity index is 1.73. The molecule has 2 N–H and O–H groups in total. The fourth-order valence-corrected chi connectivity index (χ4v) is 3.32. The van der Waals surface area contributed by atoms with E-state index >= 15 is 0 Å². The summed E-state index contributed by atoms with van der Waals surface area (Å²) in [5, 5.41) is 7.04. The molecule has 5 nitrogen and oxygen atoms in total. The third-order valence-electron chi connectivity index (χ3n) is 4.39. The zero-order chi connectivity index (χ0) is 15.7. The highest BCUT2D eigenvalue weighted by atomic mass is 35.5. The zero-order valence-corrected chi connectivity index (χ0v) is 13.4. The number of carbonyl (C=O) groups excluding carboxylic acids is 2. The molecule has 22 heavy (non-hydrogen) atoms. The summed E-state index contributed by atoms with van der Waals surface area (Å²) in [5.41, 5.74) is 0.921. The maximum atomic E-state index is 12.3. The Morgan fingerprint density at radius 1 is 1.32 bits per heavy atom. The first-order chi connectivity index (χ1) is 10.5. The second-order valence-electron chi connectivity index (χ2n) is 5.98. The lowest BCUT2D eigenvalue weighted by molar-refractivity contribution is -0.132. The van der Waals surface area contributed by atoms with Gasteiger partial charge in [-0.2, -0.15) is 0 Å². The van der Waals surface area contributed by atoms with Crippen molar-refractivity contribution in [2.75, 3.05) is 18.4 Å². The second kappa shape index (κ2) is 5.80. The first kappa shape index (κ1) is 15.2. The van der Waals surface area contributed by atoms with Crippen LogP contribution in [0.1, 0.15) is 43.0 Å². The quantitative estimate of drug-likeness (QED) is 0.880. The highest BCUT2D eigenvalue weighted by molar-refractivity contribution is 6.31. The molecule has 0 unspecified atom stereocenters. The lowest BCUT2D eigenvalue weighted by Crippen LogP contribution is -2.62. The number of hydrogen-bond donors (Lipinski definition) is 2. The van der Waals surface area contributed by atoms with E-state index in [2.05, 4.69) is 10.6 Å². The molecule has 0 aromatic heterocycles. The standard InChI is InChI=1S/C16H20ClN3O2/c1-2-3-14(21)20-8-6-16(7-9-20)18-13-5-4-11(17)10-12(13)15(22)19-16/h4-5,10,18H,2-3,6-9H2,1H3,(H,19,22). The van der Waals surface area contributed by atoms with Crippen LogP contribution in [0.5, 0.6) is 0 Å². The normalized spacial score (nSPS) is 19.4. The molecule has 118 valence electrons. The van der Waals surface area contributed by atoms with Crippen LogP contribution in [0.3, 0.4) is 0 Å². The summed E-state index contributed by atoms with van der Waals surface area (Å²) < 4.78 is 0. The van der Waals surface area contributed by atoms with E-state index in [1.807, 2.05) is 17.9 Å². The van der Waals surface area contributed by atoms with Crippen molar-refractivity contribution in [1.29, 1.82) is 0 Å². The summed E-state index contributed by atoms with van der Waals surface area (Å²) in [7, 11) is 0. The van der Waals surface area contributed by atoms with Gasteiger partial charge in [0.05, 0.1) is 5.56 Å². The van der Waals surface area contributed by atoms with Crippen molar-refractivity contribution in [3.63, 3.8) is 0 Å². The van der Waals surface area contributed by atoms with Gasteiger partial charge in [0.25, 0.3) is 5.91 Å². The maximum absolute atomic E-state index is 12.3. The first-order valence-corrected chi connectivity index (χ1v) is 8.09. The second-order valence-corrected chi connectivity index (χ2v) is 6.42. The Labute approximate surface area is 135 Å². The van der Waals surface area contributed by atoms with Gasteiger partial charge in [-0.15, -0.1) is 0 Å². The summed E-state index contributed by atoms with van der Waals surface area (Å²) in [6, 6.07) is 5.29. The summed E-state index contributed by atoms with van der Waals surface area (Å²) in [6.07, 6.45) is 2.87. The molecule has 0 atom stereocenters. The van der Waals surface area contributed by atoms with Crippen LogP contribution >= 0.6 is 11.6 Å². The minimum atomic E-state index is -0.457. The van der Waals surface area contributed by atoms with Gasteiger partial charge in [-0.25, -0.2) is 0 Å². The Bertz CT molecular complexity index is 609. The number of nitrogens with zero attached hydrogens (tertiary/aromatic N) is 1. The van der Waals surface area contributed by atoms with E-state index in [4.69, 9.17) is 11.6 Å². The third kappa shape index (κ3) is 2.77. The van der Waals surface area contributed by atoms with Gasteiger partial charge in [0.1, 0.15) is 5.66 Å². The molecular formula is C16H20ClN3O2. The van der Waals surface area contributed by atoms with Crippen molar-refractivity contribution in [1.82, 2.24) is 10.2 Å². The average molecular weight is 322 g/mol. The molecule has 1 aromatic carbocycles. The number of carbonyl (C=O) groups is 2. The van der Waals surface area contributed by atoms with Crippen LogP contribution in [0, 0.1) is 0 Å². The molecule has 0 saturated carbocycles. The van der Waals surface area contributed by atoms with Gasteiger partial charge in [-0.1, -0.05) is 18.5 Å². The monoisotopic (exact) mass is 321 g/mol. The number of nitrogens with one attached hydrogen (secondary N) is 2. The lowest BCUT2D eigenvalue weighted by Gasteiger charge is -2.46. The molecule has 0 bridgehead atoms. The summed E-state index contributed by atoms with van der Waals surface area (Å²) >= 11 is 5.95. The molecule has 3 rings (SSSR count). The summed E-state index contributed by atoms with van der Waals surface area (Å²) in [6.45, 7) is 3.33. The van der Waals surface area contributed by atoms with E-state index in [0.29, 0.717) is 42.9 Å². The number of amides is 2. The fourth-order valence-electron chi connectivity index (χ4n) is 3.15. The summed E-state index contributed by atoms with van der Waals surface area (Å²) in [4.78, 5) is 26.2. The van der Waals surface area contributed by atoms with Crippen molar-refractivity contribution in [2.24, 2.45) is 0 Å². The zero-order valence-electron chi connectivity index (χ0n) is 12.6. The highest BCUT2D eigenvalue weighted by Crippen LogP contribution is 2.32. The van der Waals surface area contributed by atoms with E-state index < -0.39 is 5.66 Å². The number of anilines is 1. The molecule has 1 aromatic rings. The molecule has 2 aliphatic rings. The molecule has 0 radical (unpaired) electrons. The minimum absolute atomic E-state index is 0.107. The van der Waals surface area contributed by atoms with Crippen LogP contribution in [0.4, 0.5) is 5.69 Å². The Kier molecular flexibility index (Phi) is 4.00. The molecule has 2 amide bonds. The topological polar surface area (TPSA) is 61.4 Å². The van der Waals surface area contributed by atoms with Crippen LogP contribution in [-0.2, 0) is 4.79 Å². The average Bonchev–Trinajstić information content (AvgIpc) is 2.49. The van der Waals surface area contributed by atoms with E-state index in [1.165, 1.54) is 0 Å². The Morgan fingerprint density at radius 2 is 2.05 bits per heavy atom. The van der Waals surface area contributed by atoms with E-state index in [-0.39, 0.29) is 11.8 Å². The van der Waals surface area contributed by atoms with Crippen LogP contribution in [0.15, 0.2) is 18.2 Å². The molecule has 2 heterocycles. The smallest absolute Gasteiger partial charge is 0.255 e. The number of piperidine rings is 1. The number of fused-ring (bicyclic) bond motifs is 1. The molecule has 1 saturated heterocycles. The van der Waals surface area contributed by atoms with Gasteiger partial charge in [0.2, 0.25) is 5.91 Å². The van der Waals surface area contributed by atoms with E-state index in [1.54, 1.807) is 12.1 Å². The molecule has 1 spiro atoms. The third-order valence-corrected chi connectivity index (χ3v) is 4.62. The van der Waals surface area contributed by atoms with Crippen LogP contribution < -0.4 is 10.6 Å². The van der Waals surface area contributed by atoms with Crippen molar-refractivity contribution in [2.45, 2.75) is 38.3 Å². The Hall–Kier alpha value is -1.75. The van der Waals surface area contributed by atoms with Gasteiger partial charge in [-0.05, 0) is 24.6 Å². The largest absolute Gasteiger partial charge is 0.362 e. The van der Waals surface area contributed by atoms with Crippen LogP contribution in [0.25, 0.3) is 0 Å². The molecule has 0 aliphatic carbocycles. The number of likely N-dealkylation sites (tertiary alicyclic amines) is 1. The van der Waals surface area contributed by atoms with E-state index in [9.17, 15) is 9.59 Å². The SMILES string of the molecule is CCCC(=O)N1CCC2(CC1)NC(=O)c1cc(Cl)ccc1N2. The van der Waals surface area contributed by atoms with Gasteiger partial charge in [-0.3, -0.25) is 9.59 Å². The van der Waals surface area contributed by atoms with Crippen LogP contribution in [0.2, 0.25) is 5.02 Å². The number of halogens is 1. The Morgan fingerprint density at radius 3 is 2.73 bits per heavy atom. The van der Waals surface area contributed by atoms with Crippen molar-refractivity contribution >= 4 is 29.1 Å². The highest BCUT2D eigenvalue weighted by Gasteiger charge is 2.40. The van der Waals surface area contributed by atoms with Crippen molar-refractivity contribution in [3.8, 4) is 0 Å². The fraction of sp³-hybridized carbons (Fsp3) is 0.500. The lowest BCUT2D eigenvalue weighted by atomic mass is 9.92. The number of hydrogen-bond acceptors (Lipinski definition) is 3. The number of benzene rings is 1. The van der Waals surface area contributed by atoms with Gasteiger partial charge in [0, 0.05) is 43.1 Å². The predicted molar refractivity (Wildman–Crippen MR) is 86.0 cm³/mol. The minimum Gasteiger partial charge on any atom is -0.362 e. The van der Waals surface area contributed by atoms with Crippen LogP contribution in [-0.4, -0.2) is 35.5 Å². The predicted octanol–water partition coefficient (Wildman–Crippen LogP) is 2.61. The van der Waals surface area contributed by atoms with Gasteiger partial charge < -0.3 is 15.5 Å². The molecule has 6 heteroatoms. The maximum Gasteiger partial charge on any atom is 0.255 e. The van der Waals surface area contributed by atoms with Gasteiger partial charge >= 0.3 is 0 Å². The number of rotatable bonds is 2. The summed E-state index contributed by atoms with van der Waals surface area (Å²) in [5.74, 6) is 0.0938. The molecule has 2 aliphatic heterocycles. The molecular weight excluding hydrogens is 302 g/mol. The van der Waals surface area contributed by atoms with E-state index in [0.717, 1.165) is 12.1 Å². The first-order valence-electron chi connectivity index (χ1n) is 7.71. The van der Waals surface area contributed by atoms with Crippen molar-refractivity contribution < 1.29 is 9.59 Å². The van der Waals surface area contributed by atoms with Crippen molar-refractivity contribution in [3.05, 3.63) is 28.8 Å². The van der Waals surface area contributed by atoms with Gasteiger partial charge in [0.15, 0.2) is 0 Å². The molecule has 1 fully saturated rings.